The maximum atomic E-state index is 3.46. The van der Waals surface area contributed by atoms with E-state index in [-0.39, 0.29) is 0 Å². The standard InChI is InChI=1S/C9H20N4/c1-12-5-2-11-8-9(12)13-6-3-10-4-7-13/h9-11H,2-8H2,1H3. The molecule has 2 aliphatic heterocycles. The Morgan fingerprint density at radius 3 is 2.38 bits per heavy atom. The molecule has 0 saturated carbocycles. The SMILES string of the molecule is CN1CCNCC1N1CCNCC1. The lowest BCUT2D eigenvalue weighted by Crippen LogP contribution is -2.61. The van der Waals surface area contributed by atoms with E-state index in [2.05, 4.69) is 27.5 Å². The molecule has 0 aromatic carbocycles. The van der Waals surface area contributed by atoms with Crippen LogP contribution in [0.1, 0.15) is 0 Å². The monoisotopic (exact) mass is 184 g/mol. The van der Waals surface area contributed by atoms with E-state index in [0.29, 0.717) is 6.17 Å². The summed E-state index contributed by atoms with van der Waals surface area (Å²) >= 11 is 0. The van der Waals surface area contributed by atoms with Crippen LogP contribution in [-0.4, -0.2) is 68.8 Å². The summed E-state index contributed by atoms with van der Waals surface area (Å²) in [5.41, 5.74) is 0. The van der Waals surface area contributed by atoms with Crippen molar-refractivity contribution in [2.24, 2.45) is 0 Å². The van der Waals surface area contributed by atoms with Gasteiger partial charge in [-0.2, -0.15) is 0 Å². The molecule has 0 aromatic heterocycles. The molecule has 0 bridgehead atoms. The Balaban J connectivity index is 1.88. The van der Waals surface area contributed by atoms with Crippen molar-refractivity contribution in [2.45, 2.75) is 6.17 Å². The molecule has 76 valence electrons. The molecular formula is C9H20N4. The molecule has 1 atom stereocenters. The van der Waals surface area contributed by atoms with Crippen LogP contribution in [0.2, 0.25) is 0 Å². The highest BCUT2D eigenvalue weighted by molar-refractivity contribution is 4.81. The van der Waals surface area contributed by atoms with Crippen LogP contribution in [0, 0.1) is 0 Å². The van der Waals surface area contributed by atoms with Gasteiger partial charge in [0.2, 0.25) is 0 Å². The van der Waals surface area contributed by atoms with E-state index < -0.39 is 0 Å². The molecule has 2 aliphatic rings. The van der Waals surface area contributed by atoms with E-state index in [0.717, 1.165) is 26.2 Å². The lowest BCUT2D eigenvalue weighted by atomic mass is 10.2. The molecule has 0 radical (unpaired) electrons. The van der Waals surface area contributed by atoms with Crippen molar-refractivity contribution in [2.75, 3.05) is 52.9 Å². The maximum absolute atomic E-state index is 3.46. The first kappa shape index (κ1) is 9.40. The minimum Gasteiger partial charge on any atom is -0.314 e. The normalized spacial score (nSPS) is 33.5. The predicted octanol–water partition coefficient (Wildman–Crippen LogP) is -1.25. The molecule has 2 saturated heterocycles. The van der Waals surface area contributed by atoms with Gasteiger partial charge in [0.25, 0.3) is 0 Å². The fourth-order valence-electron chi connectivity index (χ4n) is 2.18. The molecule has 13 heavy (non-hydrogen) atoms. The fraction of sp³-hybridized carbons (Fsp3) is 1.00. The first-order chi connectivity index (χ1) is 6.38. The zero-order valence-electron chi connectivity index (χ0n) is 8.42. The van der Waals surface area contributed by atoms with Crippen LogP contribution in [0.5, 0.6) is 0 Å². The third-order valence-corrected chi connectivity index (χ3v) is 3.05. The summed E-state index contributed by atoms with van der Waals surface area (Å²) < 4.78 is 0. The second-order valence-electron chi connectivity index (χ2n) is 3.95. The summed E-state index contributed by atoms with van der Waals surface area (Å²) in [5, 5.41) is 6.85. The molecule has 0 spiro atoms. The number of nitrogens with one attached hydrogen (secondary N) is 2. The smallest absolute Gasteiger partial charge is 0.0749 e. The number of likely N-dealkylation sites (N-methyl/N-ethyl adjacent to an activating group) is 1. The topological polar surface area (TPSA) is 30.5 Å². The summed E-state index contributed by atoms with van der Waals surface area (Å²) in [5.74, 6) is 0. The number of rotatable bonds is 1. The highest BCUT2D eigenvalue weighted by Gasteiger charge is 2.25. The number of nitrogens with zero attached hydrogens (tertiary/aromatic N) is 2. The molecule has 4 nitrogen and oxygen atoms in total. The summed E-state index contributed by atoms with van der Waals surface area (Å²) in [7, 11) is 2.23. The molecule has 1 unspecified atom stereocenters. The number of hydrogen-bond donors (Lipinski definition) is 2. The largest absolute Gasteiger partial charge is 0.314 e. The summed E-state index contributed by atoms with van der Waals surface area (Å²) in [4.78, 5) is 5.03. The molecule has 2 N–H and O–H groups in total. The second kappa shape index (κ2) is 4.37. The zero-order chi connectivity index (χ0) is 9.10. The van der Waals surface area contributed by atoms with Gasteiger partial charge in [-0.25, -0.2) is 0 Å². The molecule has 2 heterocycles. The highest BCUT2D eigenvalue weighted by Crippen LogP contribution is 2.07. The quantitative estimate of drug-likeness (QED) is 0.533. The molecule has 0 amide bonds. The van der Waals surface area contributed by atoms with Gasteiger partial charge in [-0.3, -0.25) is 9.80 Å². The Morgan fingerprint density at radius 2 is 1.69 bits per heavy atom. The Hall–Kier alpha value is -0.160. The van der Waals surface area contributed by atoms with Gasteiger partial charge in [0, 0.05) is 45.8 Å². The van der Waals surface area contributed by atoms with E-state index in [4.69, 9.17) is 0 Å². The minimum atomic E-state index is 0.621. The van der Waals surface area contributed by atoms with Crippen LogP contribution < -0.4 is 10.6 Å². The van der Waals surface area contributed by atoms with Crippen molar-refractivity contribution in [3.8, 4) is 0 Å². The lowest BCUT2D eigenvalue weighted by Gasteiger charge is -2.42. The van der Waals surface area contributed by atoms with Gasteiger partial charge in [-0.05, 0) is 7.05 Å². The average molecular weight is 184 g/mol. The van der Waals surface area contributed by atoms with Crippen molar-refractivity contribution in [1.29, 1.82) is 0 Å². The van der Waals surface area contributed by atoms with Crippen LogP contribution in [0.3, 0.4) is 0 Å². The molecular weight excluding hydrogens is 164 g/mol. The Bertz CT molecular complexity index is 156. The summed E-state index contributed by atoms with van der Waals surface area (Å²) in [6, 6.07) is 0. The van der Waals surface area contributed by atoms with Crippen LogP contribution in [0.25, 0.3) is 0 Å². The number of piperazine rings is 2. The highest BCUT2D eigenvalue weighted by atomic mass is 15.4. The molecule has 2 fully saturated rings. The summed E-state index contributed by atoms with van der Waals surface area (Å²) in [6.07, 6.45) is 0.621. The van der Waals surface area contributed by atoms with Crippen molar-refractivity contribution in [1.82, 2.24) is 20.4 Å². The van der Waals surface area contributed by atoms with Crippen molar-refractivity contribution in [3.63, 3.8) is 0 Å². The fourth-order valence-corrected chi connectivity index (χ4v) is 2.18. The summed E-state index contributed by atoms with van der Waals surface area (Å²) in [6.45, 7) is 8.10. The van der Waals surface area contributed by atoms with Gasteiger partial charge < -0.3 is 10.6 Å². The lowest BCUT2D eigenvalue weighted by molar-refractivity contribution is 0.0345. The van der Waals surface area contributed by atoms with Gasteiger partial charge in [-0.15, -0.1) is 0 Å². The van der Waals surface area contributed by atoms with Crippen LogP contribution in [-0.2, 0) is 0 Å². The van der Waals surface area contributed by atoms with Crippen molar-refractivity contribution in [3.05, 3.63) is 0 Å². The Kier molecular flexibility index (Phi) is 3.16. The van der Waals surface area contributed by atoms with E-state index in [1.54, 1.807) is 0 Å². The molecule has 0 aromatic rings. The van der Waals surface area contributed by atoms with E-state index in [1.807, 2.05) is 0 Å². The van der Waals surface area contributed by atoms with Crippen LogP contribution >= 0.6 is 0 Å². The Labute approximate surface area is 80.3 Å². The third kappa shape index (κ3) is 2.20. The first-order valence-corrected chi connectivity index (χ1v) is 5.23. The molecule has 4 heteroatoms. The van der Waals surface area contributed by atoms with Gasteiger partial charge in [0.15, 0.2) is 0 Å². The van der Waals surface area contributed by atoms with Gasteiger partial charge in [-0.1, -0.05) is 0 Å². The van der Waals surface area contributed by atoms with E-state index in [9.17, 15) is 0 Å². The molecule has 0 aliphatic carbocycles. The number of hydrogen-bond acceptors (Lipinski definition) is 4. The van der Waals surface area contributed by atoms with Crippen molar-refractivity contribution >= 4 is 0 Å². The predicted molar refractivity (Wildman–Crippen MR) is 53.7 cm³/mol. The zero-order valence-corrected chi connectivity index (χ0v) is 8.42. The minimum absolute atomic E-state index is 0.621. The maximum Gasteiger partial charge on any atom is 0.0749 e. The van der Waals surface area contributed by atoms with Gasteiger partial charge in [0.1, 0.15) is 0 Å². The van der Waals surface area contributed by atoms with E-state index >= 15 is 0 Å². The first-order valence-electron chi connectivity index (χ1n) is 5.23. The van der Waals surface area contributed by atoms with Crippen molar-refractivity contribution < 1.29 is 0 Å². The van der Waals surface area contributed by atoms with Crippen LogP contribution in [0.4, 0.5) is 0 Å². The second-order valence-corrected chi connectivity index (χ2v) is 3.95. The van der Waals surface area contributed by atoms with Gasteiger partial charge in [0.05, 0.1) is 6.17 Å². The average Bonchev–Trinajstić information content (AvgIpc) is 2.20. The Morgan fingerprint density at radius 1 is 1.00 bits per heavy atom. The van der Waals surface area contributed by atoms with Gasteiger partial charge >= 0.3 is 0 Å². The third-order valence-electron chi connectivity index (χ3n) is 3.05. The van der Waals surface area contributed by atoms with E-state index in [1.165, 1.54) is 19.6 Å². The van der Waals surface area contributed by atoms with Crippen LogP contribution in [0.15, 0.2) is 0 Å². The molecule has 2 rings (SSSR count).